The fourth-order valence-corrected chi connectivity index (χ4v) is 1.94. The quantitative estimate of drug-likeness (QED) is 0.669. The third-order valence-electron chi connectivity index (χ3n) is 2.83. The van der Waals surface area contributed by atoms with Gasteiger partial charge in [-0.25, -0.2) is 0 Å². The van der Waals surface area contributed by atoms with E-state index in [1.54, 1.807) is 0 Å². The highest BCUT2D eigenvalue weighted by Crippen LogP contribution is 2.35. The van der Waals surface area contributed by atoms with Crippen molar-refractivity contribution in [2.24, 2.45) is 0 Å². The topological polar surface area (TPSA) is 26.0 Å². The maximum absolute atomic E-state index is 5.98. The maximum atomic E-state index is 5.98. The molecular formula is C13H15N. The molecule has 72 valence electrons. The van der Waals surface area contributed by atoms with Gasteiger partial charge in [-0.1, -0.05) is 49.4 Å². The Labute approximate surface area is 84.9 Å². The van der Waals surface area contributed by atoms with Crippen LogP contribution in [0.4, 0.5) is 5.69 Å². The molecule has 1 unspecified atom stereocenters. The van der Waals surface area contributed by atoms with Crippen LogP contribution >= 0.6 is 0 Å². The summed E-state index contributed by atoms with van der Waals surface area (Å²) in [5.74, 6) is 0. The second kappa shape index (κ2) is 3.33. The van der Waals surface area contributed by atoms with Crippen molar-refractivity contribution in [3.63, 3.8) is 0 Å². The summed E-state index contributed by atoms with van der Waals surface area (Å²) in [5, 5.41) is 0. The molecule has 1 aromatic carbocycles. The molecule has 2 N–H and O–H groups in total. The van der Waals surface area contributed by atoms with Gasteiger partial charge in [-0.3, -0.25) is 0 Å². The molecule has 1 atom stereocenters. The van der Waals surface area contributed by atoms with Crippen molar-refractivity contribution < 1.29 is 0 Å². The van der Waals surface area contributed by atoms with Crippen molar-refractivity contribution in [3.05, 3.63) is 54.1 Å². The number of rotatable bonds is 1. The number of nitrogen functional groups attached to an aromatic ring is 1. The summed E-state index contributed by atoms with van der Waals surface area (Å²) in [7, 11) is 0. The minimum atomic E-state index is 0.0695. The Bertz CT molecular complexity index is 390. The van der Waals surface area contributed by atoms with Crippen LogP contribution in [0.3, 0.4) is 0 Å². The molecule has 0 amide bonds. The minimum Gasteiger partial charge on any atom is -0.398 e. The number of nitrogens with two attached hydrogens (primary N) is 1. The van der Waals surface area contributed by atoms with Crippen LogP contribution in [-0.2, 0) is 5.41 Å². The molecule has 1 heteroatoms. The molecule has 0 spiro atoms. The third kappa shape index (κ3) is 1.46. The summed E-state index contributed by atoms with van der Waals surface area (Å²) >= 11 is 0. The summed E-state index contributed by atoms with van der Waals surface area (Å²) in [6, 6.07) is 8.10. The second-order valence-corrected chi connectivity index (χ2v) is 4.00. The van der Waals surface area contributed by atoms with E-state index >= 15 is 0 Å². The van der Waals surface area contributed by atoms with Crippen LogP contribution in [0.15, 0.2) is 48.6 Å². The van der Waals surface area contributed by atoms with Gasteiger partial charge in [-0.15, -0.1) is 0 Å². The molecular weight excluding hydrogens is 170 g/mol. The Hall–Kier alpha value is -1.50. The lowest BCUT2D eigenvalue weighted by molar-refractivity contribution is 0.602. The molecule has 1 aromatic rings. The molecule has 0 radical (unpaired) electrons. The number of hydrogen-bond acceptors (Lipinski definition) is 1. The summed E-state index contributed by atoms with van der Waals surface area (Å²) < 4.78 is 0. The predicted molar refractivity (Wildman–Crippen MR) is 61.1 cm³/mol. The molecule has 1 nitrogen and oxygen atoms in total. The Morgan fingerprint density at radius 1 is 1.21 bits per heavy atom. The van der Waals surface area contributed by atoms with E-state index in [-0.39, 0.29) is 5.41 Å². The van der Waals surface area contributed by atoms with Crippen molar-refractivity contribution in [2.45, 2.75) is 18.8 Å². The van der Waals surface area contributed by atoms with E-state index in [1.807, 2.05) is 18.2 Å². The highest BCUT2D eigenvalue weighted by Gasteiger charge is 2.24. The lowest BCUT2D eigenvalue weighted by atomic mass is 9.77. The monoisotopic (exact) mass is 185 g/mol. The molecule has 1 aliphatic carbocycles. The van der Waals surface area contributed by atoms with E-state index in [2.05, 4.69) is 37.3 Å². The minimum absolute atomic E-state index is 0.0695. The van der Waals surface area contributed by atoms with Crippen LogP contribution < -0.4 is 5.73 Å². The van der Waals surface area contributed by atoms with Crippen molar-refractivity contribution in [2.75, 3.05) is 5.73 Å². The summed E-state index contributed by atoms with van der Waals surface area (Å²) in [6.45, 7) is 2.22. The van der Waals surface area contributed by atoms with Gasteiger partial charge in [0.25, 0.3) is 0 Å². The van der Waals surface area contributed by atoms with Gasteiger partial charge in [0.05, 0.1) is 0 Å². The van der Waals surface area contributed by atoms with Gasteiger partial charge < -0.3 is 5.73 Å². The Balaban J connectivity index is 2.44. The largest absolute Gasteiger partial charge is 0.398 e. The van der Waals surface area contributed by atoms with Gasteiger partial charge in [0, 0.05) is 11.1 Å². The molecule has 0 saturated heterocycles. The molecule has 0 bridgehead atoms. The van der Waals surface area contributed by atoms with E-state index in [4.69, 9.17) is 5.73 Å². The summed E-state index contributed by atoms with van der Waals surface area (Å²) in [5.41, 5.74) is 8.16. The van der Waals surface area contributed by atoms with Crippen LogP contribution in [0, 0.1) is 0 Å². The van der Waals surface area contributed by atoms with Crippen LogP contribution in [-0.4, -0.2) is 0 Å². The van der Waals surface area contributed by atoms with E-state index in [1.165, 1.54) is 5.56 Å². The smallest absolute Gasteiger partial charge is 0.0355 e. The van der Waals surface area contributed by atoms with Crippen LogP contribution in [0.25, 0.3) is 0 Å². The SMILES string of the molecule is CC1(c2ccccc2N)C=CC=CC1. The van der Waals surface area contributed by atoms with Gasteiger partial charge in [0.15, 0.2) is 0 Å². The van der Waals surface area contributed by atoms with Crippen LogP contribution in [0.1, 0.15) is 18.9 Å². The Kier molecular flexibility index (Phi) is 2.16. The lowest BCUT2D eigenvalue weighted by Gasteiger charge is -2.28. The second-order valence-electron chi connectivity index (χ2n) is 4.00. The third-order valence-corrected chi connectivity index (χ3v) is 2.83. The number of allylic oxidation sites excluding steroid dienone is 4. The first-order chi connectivity index (χ1) is 6.72. The standard InChI is InChI=1S/C13H15N/c1-13(9-5-2-6-10-13)11-7-3-4-8-12(11)14/h2-9H,10,14H2,1H3. The van der Waals surface area contributed by atoms with Gasteiger partial charge in [-0.05, 0) is 18.1 Å². The molecule has 1 aliphatic rings. The average molecular weight is 185 g/mol. The van der Waals surface area contributed by atoms with E-state index in [0.717, 1.165) is 12.1 Å². The van der Waals surface area contributed by atoms with Gasteiger partial charge in [-0.2, -0.15) is 0 Å². The van der Waals surface area contributed by atoms with Crippen LogP contribution in [0.5, 0.6) is 0 Å². The zero-order valence-electron chi connectivity index (χ0n) is 8.40. The predicted octanol–water partition coefficient (Wildman–Crippen LogP) is 3.04. The van der Waals surface area contributed by atoms with E-state index in [0.29, 0.717) is 0 Å². The molecule has 0 fully saturated rings. The summed E-state index contributed by atoms with van der Waals surface area (Å²) in [4.78, 5) is 0. The molecule has 14 heavy (non-hydrogen) atoms. The highest BCUT2D eigenvalue weighted by molar-refractivity contribution is 5.53. The van der Waals surface area contributed by atoms with Crippen molar-refractivity contribution in [1.82, 2.24) is 0 Å². The molecule has 0 aliphatic heterocycles. The number of anilines is 1. The Morgan fingerprint density at radius 3 is 2.64 bits per heavy atom. The molecule has 0 heterocycles. The highest BCUT2D eigenvalue weighted by atomic mass is 14.6. The van der Waals surface area contributed by atoms with Crippen molar-refractivity contribution in [1.29, 1.82) is 0 Å². The maximum Gasteiger partial charge on any atom is 0.0355 e. The van der Waals surface area contributed by atoms with Gasteiger partial charge >= 0.3 is 0 Å². The van der Waals surface area contributed by atoms with Crippen molar-refractivity contribution >= 4 is 5.69 Å². The zero-order chi connectivity index (χ0) is 10.0. The van der Waals surface area contributed by atoms with Gasteiger partial charge in [0.2, 0.25) is 0 Å². The van der Waals surface area contributed by atoms with Crippen molar-refractivity contribution in [3.8, 4) is 0 Å². The van der Waals surface area contributed by atoms with E-state index < -0.39 is 0 Å². The number of benzene rings is 1. The first-order valence-corrected chi connectivity index (χ1v) is 4.92. The first kappa shape index (κ1) is 9.07. The Morgan fingerprint density at radius 2 is 2.00 bits per heavy atom. The van der Waals surface area contributed by atoms with Gasteiger partial charge in [0.1, 0.15) is 0 Å². The first-order valence-electron chi connectivity index (χ1n) is 4.92. The average Bonchev–Trinajstić information content (AvgIpc) is 2.19. The van der Waals surface area contributed by atoms with Crippen LogP contribution in [0.2, 0.25) is 0 Å². The number of hydrogen-bond donors (Lipinski definition) is 1. The normalized spacial score (nSPS) is 25.2. The fourth-order valence-electron chi connectivity index (χ4n) is 1.94. The number of para-hydroxylation sites is 1. The molecule has 2 rings (SSSR count). The molecule has 0 saturated carbocycles. The molecule has 0 aromatic heterocycles. The van der Waals surface area contributed by atoms with E-state index in [9.17, 15) is 0 Å². The fraction of sp³-hybridized carbons (Fsp3) is 0.231. The lowest BCUT2D eigenvalue weighted by Crippen LogP contribution is -2.20. The summed E-state index contributed by atoms with van der Waals surface area (Å²) in [6.07, 6.45) is 9.61. The zero-order valence-corrected chi connectivity index (χ0v) is 8.40.